The fraction of sp³-hybridized carbons (Fsp3) is 0.320. The normalized spacial score (nSPS) is 13.2. The number of benzene rings is 2. The Labute approximate surface area is 179 Å². The highest BCUT2D eigenvalue weighted by Gasteiger charge is 2.22. The van der Waals surface area contributed by atoms with Crippen LogP contribution in [-0.2, 0) is 4.74 Å². The van der Waals surface area contributed by atoms with Crippen molar-refractivity contribution in [2.75, 3.05) is 12.0 Å². The van der Waals surface area contributed by atoms with Crippen LogP contribution in [0.5, 0.6) is 5.75 Å². The van der Waals surface area contributed by atoms with Gasteiger partial charge in [-0.05, 0) is 69.5 Å². The minimum absolute atomic E-state index is 0.366. The van der Waals surface area contributed by atoms with Crippen molar-refractivity contribution in [3.8, 4) is 5.75 Å². The third kappa shape index (κ3) is 7.41. The quantitative estimate of drug-likeness (QED) is 0.627. The van der Waals surface area contributed by atoms with Gasteiger partial charge in [0.05, 0.1) is 18.9 Å². The molecule has 2 rings (SSSR count). The van der Waals surface area contributed by atoms with E-state index in [1.165, 1.54) is 4.90 Å². The van der Waals surface area contributed by atoms with Gasteiger partial charge in [-0.2, -0.15) is 0 Å². The second kappa shape index (κ2) is 10.6. The van der Waals surface area contributed by atoms with E-state index in [1.54, 1.807) is 43.7 Å². The summed E-state index contributed by atoms with van der Waals surface area (Å²) in [6.45, 7) is 7.35. The van der Waals surface area contributed by atoms with Crippen LogP contribution in [0.4, 0.5) is 10.5 Å². The maximum Gasteiger partial charge on any atom is 0.418 e. The Bertz CT molecular complexity index is 864. The van der Waals surface area contributed by atoms with E-state index in [4.69, 9.17) is 9.47 Å². The number of ether oxygens (including phenoxy) is 2. The predicted molar refractivity (Wildman–Crippen MR) is 122 cm³/mol. The minimum atomic E-state index is -0.655. The Morgan fingerprint density at radius 2 is 1.73 bits per heavy atom. The molecule has 2 aromatic carbocycles. The number of amides is 1. The van der Waals surface area contributed by atoms with Gasteiger partial charge < -0.3 is 14.6 Å². The molecule has 0 saturated heterocycles. The smallest absolute Gasteiger partial charge is 0.418 e. The summed E-state index contributed by atoms with van der Waals surface area (Å²) in [6, 6.07) is 17.0. The zero-order valence-corrected chi connectivity index (χ0v) is 18.3. The second-order valence-corrected chi connectivity index (χ2v) is 7.98. The number of hydrogen-bond donors (Lipinski definition) is 1. The van der Waals surface area contributed by atoms with Crippen LogP contribution in [0.25, 0.3) is 6.08 Å². The van der Waals surface area contributed by atoms with Gasteiger partial charge >= 0.3 is 6.09 Å². The lowest BCUT2D eigenvalue weighted by Crippen LogP contribution is -2.33. The van der Waals surface area contributed by atoms with Crippen LogP contribution in [-0.4, -0.2) is 30.0 Å². The number of hydrogen-bond acceptors (Lipinski definition) is 4. The van der Waals surface area contributed by atoms with Crippen LogP contribution in [0.2, 0.25) is 0 Å². The Kier molecular flexibility index (Phi) is 8.25. The first kappa shape index (κ1) is 23.2. The SMILES string of the molecule is COc1ccc(N(/C=C\CC(O)/C(C)=C/c2ccccc2)C(=O)OC(C)(C)C)cc1. The van der Waals surface area contributed by atoms with E-state index in [1.807, 2.05) is 64.1 Å². The lowest BCUT2D eigenvalue weighted by Gasteiger charge is -2.25. The molecule has 0 fully saturated rings. The molecule has 2 aromatic rings. The van der Waals surface area contributed by atoms with Gasteiger partial charge in [-0.15, -0.1) is 0 Å². The average molecular weight is 410 g/mol. The standard InChI is InChI=1S/C25H31NO4/c1-19(18-20-10-7-6-8-11-20)23(27)12-9-17-26(24(28)30-25(2,3)4)21-13-15-22(29-5)16-14-21/h6-11,13-18,23,27H,12H2,1-5H3/b17-9-,19-18+. The molecule has 160 valence electrons. The third-order valence-corrected chi connectivity index (χ3v) is 4.27. The van der Waals surface area contributed by atoms with Crippen LogP contribution in [0, 0.1) is 0 Å². The predicted octanol–water partition coefficient (Wildman–Crippen LogP) is 5.80. The number of methoxy groups -OCH3 is 1. The van der Waals surface area contributed by atoms with Crippen molar-refractivity contribution in [1.82, 2.24) is 0 Å². The monoisotopic (exact) mass is 409 g/mol. The molecule has 0 aliphatic heterocycles. The van der Waals surface area contributed by atoms with Crippen molar-refractivity contribution in [3.05, 3.63) is 78.0 Å². The van der Waals surface area contributed by atoms with Gasteiger partial charge in [0.15, 0.2) is 0 Å². The van der Waals surface area contributed by atoms with Gasteiger partial charge in [0.1, 0.15) is 11.4 Å². The summed E-state index contributed by atoms with van der Waals surface area (Å²) in [5, 5.41) is 10.5. The maximum absolute atomic E-state index is 12.7. The van der Waals surface area contributed by atoms with Crippen LogP contribution in [0.1, 0.15) is 39.7 Å². The molecule has 0 radical (unpaired) electrons. The van der Waals surface area contributed by atoms with Crippen molar-refractivity contribution in [2.24, 2.45) is 0 Å². The van der Waals surface area contributed by atoms with E-state index < -0.39 is 17.8 Å². The van der Waals surface area contributed by atoms with Crippen molar-refractivity contribution in [3.63, 3.8) is 0 Å². The summed E-state index contributed by atoms with van der Waals surface area (Å²) >= 11 is 0. The Morgan fingerprint density at radius 3 is 2.30 bits per heavy atom. The van der Waals surface area contributed by atoms with E-state index in [0.717, 1.165) is 11.1 Å². The van der Waals surface area contributed by atoms with E-state index >= 15 is 0 Å². The van der Waals surface area contributed by atoms with Gasteiger partial charge in [-0.3, -0.25) is 4.90 Å². The summed E-state index contributed by atoms with van der Waals surface area (Å²) in [6.07, 6.45) is 4.57. The number of aliphatic hydroxyl groups excluding tert-OH is 1. The summed E-state index contributed by atoms with van der Waals surface area (Å²) in [5.41, 5.74) is 1.91. The molecule has 1 N–H and O–H groups in total. The molecule has 0 spiro atoms. The number of rotatable bonds is 7. The first-order valence-electron chi connectivity index (χ1n) is 9.94. The maximum atomic E-state index is 12.7. The van der Waals surface area contributed by atoms with Gasteiger partial charge in [0.25, 0.3) is 0 Å². The first-order chi connectivity index (χ1) is 14.2. The van der Waals surface area contributed by atoms with Gasteiger partial charge in [0, 0.05) is 6.20 Å². The topological polar surface area (TPSA) is 59.0 Å². The molecule has 0 saturated carbocycles. The van der Waals surface area contributed by atoms with Gasteiger partial charge in [0.2, 0.25) is 0 Å². The summed E-state index contributed by atoms with van der Waals surface area (Å²) in [5.74, 6) is 0.698. The van der Waals surface area contributed by atoms with Gasteiger partial charge in [-0.1, -0.05) is 42.5 Å². The van der Waals surface area contributed by atoms with E-state index in [-0.39, 0.29) is 0 Å². The van der Waals surface area contributed by atoms with Gasteiger partial charge in [-0.25, -0.2) is 4.79 Å². The summed E-state index contributed by atoms with van der Waals surface area (Å²) in [4.78, 5) is 14.1. The van der Waals surface area contributed by atoms with Crippen molar-refractivity contribution in [2.45, 2.75) is 45.8 Å². The van der Waals surface area contributed by atoms with Crippen LogP contribution < -0.4 is 9.64 Å². The molecular weight excluding hydrogens is 378 g/mol. The minimum Gasteiger partial charge on any atom is -0.497 e. The fourth-order valence-corrected chi connectivity index (χ4v) is 2.70. The summed E-state index contributed by atoms with van der Waals surface area (Å²) in [7, 11) is 1.59. The molecule has 30 heavy (non-hydrogen) atoms. The zero-order chi connectivity index (χ0) is 22.1. The van der Waals surface area contributed by atoms with Crippen LogP contribution >= 0.6 is 0 Å². The Balaban J connectivity index is 2.14. The molecule has 5 heteroatoms. The third-order valence-electron chi connectivity index (χ3n) is 4.27. The number of carbonyl (C=O) groups is 1. The van der Waals surface area contributed by atoms with Crippen molar-refractivity contribution < 1.29 is 19.4 Å². The number of nitrogens with zero attached hydrogens (tertiary/aromatic N) is 1. The molecule has 0 bridgehead atoms. The molecule has 0 aromatic heterocycles. The highest BCUT2D eigenvalue weighted by Crippen LogP contribution is 2.22. The number of aliphatic hydroxyl groups is 1. The second-order valence-electron chi connectivity index (χ2n) is 7.98. The molecule has 1 amide bonds. The number of anilines is 1. The molecule has 1 atom stereocenters. The molecule has 0 aliphatic rings. The number of carbonyl (C=O) groups excluding carboxylic acids is 1. The van der Waals surface area contributed by atoms with E-state index in [2.05, 4.69) is 0 Å². The van der Waals surface area contributed by atoms with E-state index in [9.17, 15) is 9.90 Å². The first-order valence-corrected chi connectivity index (χ1v) is 9.94. The average Bonchev–Trinajstić information content (AvgIpc) is 2.70. The van der Waals surface area contributed by atoms with E-state index in [0.29, 0.717) is 17.9 Å². The molecule has 0 heterocycles. The molecular formula is C25H31NO4. The summed E-state index contributed by atoms with van der Waals surface area (Å²) < 4.78 is 10.7. The lowest BCUT2D eigenvalue weighted by molar-refractivity contribution is 0.0596. The lowest BCUT2D eigenvalue weighted by atomic mass is 10.1. The van der Waals surface area contributed by atoms with Crippen LogP contribution in [0.3, 0.4) is 0 Å². The Hall–Kier alpha value is -3.05. The van der Waals surface area contributed by atoms with Crippen molar-refractivity contribution in [1.29, 1.82) is 0 Å². The zero-order valence-electron chi connectivity index (χ0n) is 18.3. The largest absolute Gasteiger partial charge is 0.497 e. The molecule has 5 nitrogen and oxygen atoms in total. The highest BCUT2D eigenvalue weighted by molar-refractivity contribution is 5.90. The molecule has 0 aliphatic carbocycles. The molecule has 1 unspecified atom stereocenters. The highest BCUT2D eigenvalue weighted by atomic mass is 16.6. The van der Waals surface area contributed by atoms with Crippen molar-refractivity contribution >= 4 is 17.9 Å². The Morgan fingerprint density at radius 1 is 1.10 bits per heavy atom. The fourth-order valence-electron chi connectivity index (χ4n) is 2.70. The van der Waals surface area contributed by atoms with Crippen LogP contribution in [0.15, 0.2) is 72.4 Å².